The molecule has 0 bridgehead atoms. The molecule has 7 heteroatoms. The number of nitrogens with zero attached hydrogens (tertiary/aromatic N) is 1. The summed E-state index contributed by atoms with van der Waals surface area (Å²) in [4.78, 5) is 24.4. The number of hydrogen-bond donors (Lipinski definition) is 2. The van der Waals surface area contributed by atoms with Crippen molar-refractivity contribution in [1.82, 2.24) is 4.90 Å². The van der Waals surface area contributed by atoms with Crippen LogP contribution in [0, 0.1) is 0 Å². The van der Waals surface area contributed by atoms with Crippen molar-refractivity contribution in [2.24, 2.45) is 0 Å². The molecule has 2 rings (SSSR count). The predicted octanol–water partition coefficient (Wildman–Crippen LogP) is -0.132. The van der Waals surface area contributed by atoms with Gasteiger partial charge in [-0.15, -0.1) is 0 Å². The van der Waals surface area contributed by atoms with Crippen LogP contribution in [0.2, 0.25) is 0 Å². The average molecular weight is 295 g/mol. The normalized spacial score (nSPS) is 20.2. The molecular weight excluding hydrogens is 278 g/mol. The van der Waals surface area contributed by atoms with Crippen LogP contribution in [0.15, 0.2) is 24.3 Å². The molecule has 0 radical (unpaired) electrons. The second kappa shape index (κ2) is 6.55. The number of amides is 1. The van der Waals surface area contributed by atoms with Gasteiger partial charge in [-0.1, -0.05) is 12.1 Å². The van der Waals surface area contributed by atoms with Gasteiger partial charge in [-0.2, -0.15) is 0 Å². The number of hydrogen-bond acceptors (Lipinski definition) is 5. The summed E-state index contributed by atoms with van der Waals surface area (Å²) < 4.78 is 10.1. The monoisotopic (exact) mass is 295 g/mol. The Kier molecular flexibility index (Phi) is 4.77. The Balaban J connectivity index is 2.05. The van der Waals surface area contributed by atoms with Crippen LogP contribution in [0.4, 0.5) is 0 Å². The van der Waals surface area contributed by atoms with Crippen LogP contribution < -0.4 is 4.74 Å². The summed E-state index contributed by atoms with van der Waals surface area (Å²) in [6.07, 6.45) is -3.20. The molecule has 1 aromatic carbocycles. The number of morpholine rings is 1. The zero-order valence-corrected chi connectivity index (χ0v) is 11.6. The molecule has 7 nitrogen and oxygen atoms in total. The van der Waals surface area contributed by atoms with Crippen molar-refractivity contribution in [3.63, 3.8) is 0 Å². The van der Waals surface area contributed by atoms with Crippen LogP contribution >= 0.6 is 0 Å². The first kappa shape index (κ1) is 15.3. The fourth-order valence-electron chi connectivity index (χ4n) is 2.12. The van der Waals surface area contributed by atoms with Gasteiger partial charge in [0.2, 0.25) is 0 Å². The van der Waals surface area contributed by atoms with Crippen molar-refractivity contribution >= 4 is 11.9 Å². The summed E-state index contributed by atoms with van der Waals surface area (Å²) in [7, 11) is 1.57. The highest BCUT2D eigenvalue weighted by atomic mass is 16.5. The minimum Gasteiger partial charge on any atom is -0.497 e. The van der Waals surface area contributed by atoms with Gasteiger partial charge < -0.3 is 24.6 Å². The van der Waals surface area contributed by atoms with Gasteiger partial charge in [0.25, 0.3) is 5.91 Å². The molecule has 2 N–H and O–H groups in total. The summed E-state index contributed by atoms with van der Waals surface area (Å²) in [6.45, 7) is 0.875. The molecule has 1 amide bonds. The fourth-order valence-corrected chi connectivity index (χ4v) is 2.12. The molecule has 1 heterocycles. The molecule has 1 aliphatic heterocycles. The first-order valence-corrected chi connectivity index (χ1v) is 6.47. The van der Waals surface area contributed by atoms with Crippen LogP contribution in [0.1, 0.15) is 5.56 Å². The van der Waals surface area contributed by atoms with Crippen LogP contribution in [0.25, 0.3) is 0 Å². The van der Waals surface area contributed by atoms with Crippen molar-refractivity contribution in [2.75, 3.05) is 20.3 Å². The molecule has 0 unspecified atom stereocenters. The fraction of sp³-hybridized carbons (Fsp3) is 0.429. The number of aliphatic carboxylic acids is 1. The van der Waals surface area contributed by atoms with Gasteiger partial charge in [0.05, 0.1) is 13.7 Å². The number of methoxy groups -OCH3 is 1. The lowest BCUT2D eigenvalue weighted by Gasteiger charge is -2.33. The predicted molar refractivity (Wildman–Crippen MR) is 71.8 cm³/mol. The molecule has 0 saturated carbocycles. The number of carboxylic acid groups (broad SMARTS) is 1. The number of carbonyl (C=O) groups excluding carboxylic acids is 1. The van der Waals surface area contributed by atoms with Gasteiger partial charge >= 0.3 is 5.97 Å². The van der Waals surface area contributed by atoms with Crippen molar-refractivity contribution in [3.05, 3.63) is 29.8 Å². The Morgan fingerprint density at radius 1 is 1.48 bits per heavy atom. The van der Waals surface area contributed by atoms with Gasteiger partial charge in [-0.05, 0) is 17.7 Å². The number of benzene rings is 1. The first-order valence-electron chi connectivity index (χ1n) is 6.47. The molecule has 1 aliphatic rings. The Morgan fingerprint density at radius 3 is 2.71 bits per heavy atom. The minimum absolute atomic E-state index is 0.191. The van der Waals surface area contributed by atoms with E-state index in [4.69, 9.17) is 14.6 Å². The van der Waals surface area contributed by atoms with Crippen LogP contribution in [-0.4, -0.2) is 59.5 Å². The average Bonchev–Trinajstić information content (AvgIpc) is 2.49. The Bertz CT molecular complexity index is 515. The smallest absolute Gasteiger partial charge is 0.335 e. The Hall–Kier alpha value is -2.12. The molecule has 0 spiro atoms. The summed E-state index contributed by atoms with van der Waals surface area (Å²) in [5.74, 6) is -1.28. The number of ether oxygens (including phenoxy) is 2. The maximum Gasteiger partial charge on any atom is 0.335 e. The molecule has 0 aromatic heterocycles. The summed E-state index contributed by atoms with van der Waals surface area (Å²) in [6, 6.07) is 7.21. The van der Waals surface area contributed by atoms with Crippen LogP contribution in [-0.2, 0) is 20.9 Å². The lowest BCUT2D eigenvalue weighted by atomic mass is 10.1. The molecule has 2 atom stereocenters. The molecule has 114 valence electrons. The zero-order chi connectivity index (χ0) is 15.4. The standard InChI is InChI=1S/C14H17NO6/c1-20-10-4-2-9(3-5-10)8-15-6-7-21-12(13(15)17)11(16)14(18)19/h2-5,11-12,16H,6-8H2,1H3,(H,18,19)/t11-,12-/m1/s1. The van der Waals surface area contributed by atoms with E-state index in [1.807, 2.05) is 12.1 Å². The molecule has 0 aliphatic carbocycles. The number of carbonyl (C=O) groups is 2. The van der Waals surface area contributed by atoms with Gasteiger partial charge in [-0.25, -0.2) is 4.79 Å². The maximum atomic E-state index is 12.2. The van der Waals surface area contributed by atoms with Crippen molar-refractivity contribution in [2.45, 2.75) is 18.8 Å². The first-order chi connectivity index (χ1) is 10.0. The summed E-state index contributed by atoms with van der Waals surface area (Å²) in [5, 5.41) is 18.3. The highest BCUT2D eigenvalue weighted by Gasteiger charge is 2.38. The number of rotatable bonds is 5. The van der Waals surface area contributed by atoms with Gasteiger partial charge in [0, 0.05) is 13.1 Å². The number of carboxylic acids is 1. The molecule has 21 heavy (non-hydrogen) atoms. The molecular formula is C14H17NO6. The quantitative estimate of drug-likeness (QED) is 0.785. The molecule has 1 fully saturated rings. The van der Waals surface area contributed by atoms with E-state index in [2.05, 4.69) is 0 Å². The SMILES string of the molecule is COc1ccc(CN2CCO[C@H]([C@@H](O)C(=O)O)C2=O)cc1. The third kappa shape index (κ3) is 3.50. The van der Waals surface area contributed by atoms with E-state index in [9.17, 15) is 14.7 Å². The second-order valence-corrected chi connectivity index (χ2v) is 4.68. The zero-order valence-electron chi connectivity index (χ0n) is 11.6. The van der Waals surface area contributed by atoms with Gasteiger partial charge in [-0.3, -0.25) is 4.79 Å². The number of aliphatic hydroxyl groups is 1. The van der Waals surface area contributed by atoms with E-state index in [1.165, 1.54) is 4.90 Å². The van der Waals surface area contributed by atoms with E-state index in [0.717, 1.165) is 5.56 Å². The second-order valence-electron chi connectivity index (χ2n) is 4.68. The third-order valence-corrected chi connectivity index (χ3v) is 3.29. The maximum absolute atomic E-state index is 12.2. The van der Waals surface area contributed by atoms with E-state index < -0.39 is 24.1 Å². The van der Waals surface area contributed by atoms with Crippen LogP contribution in [0.5, 0.6) is 5.75 Å². The van der Waals surface area contributed by atoms with Crippen LogP contribution in [0.3, 0.4) is 0 Å². The van der Waals surface area contributed by atoms with Crippen molar-refractivity contribution in [3.8, 4) is 5.75 Å². The van der Waals surface area contributed by atoms with E-state index in [-0.39, 0.29) is 6.61 Å². The lowest BCUT2D eigenvalue weighted by Crippen LogP contribution is -2.53. The Morgan fingerprint density at radius 2 is 2.14 bits per heavy atom. The van der Waals surface area contributed by atoms with E-state index in [0.29, 0.717) is 18.8 Å². The van der Waals surface area contributed by atoms with E-state index in [1.54, 1.807) is 19.2 Å². The minimum atomic E-state index is -1.85. The lowest BCUT2D eigenvalue weighted by molar-refractivity contribution is -0.175. The van der Waals surface area contributed by atoms with Gasteiger partial charge in [0.1, 0.15) is 5.75 Å². The third-order valence-electron chi connectivity index (χ3n) is 3.29. The molecule has 1 aromatic rings. The van der Waals surface area contributed by atoms with E-state index >= 15 is 0 Å². The van der Waals surface area contributed by atoms with Gasteiger partial charge in [0.15, 0.2) is 12.2 Å². The summed E-state index contributed by atoms with van der Waals surface area (Å²) in [5.41, 5.74) is 0.884. The highest BCUT2D eigenvalue weighted by Crippen LogP contribution is 2.17. The Labute approximate surface area is 121 Å². The molecule has 1 saturated heterocycles. The van der Waals surface area contributed by atoms with Crippen molar-refractivity contribution in [1.29, 1.82) is 0 Å². The van der Waals surface area contributed by atoms with Crippen molar-refractivity contribution < 1.29 is 29.3 Å². The summed E-state index contributed by atoms with van der Waals surface area (Å²) >= 11 is 0. The number of aliphatic hydroxyl groups excluding tert-OH is 1. The highest BCUT2D eigenvalue weighted by molar-refractivity contribution is 5.88. The topological polar surface area (TPSA) is 96.3 Å². The largest absolute Gasteiger partial charge is 0.497 e.